The van der Waals surface area contributed by atoms with E-state index >= 15 is 0 Å². The average molecular weight is 515 g/mol. The van der Waals surface area contributed by atoms with Gasteiger partial charge in [-0.05, 0) is 50.1 Å². The molecule has 5 unspecified atom stereocenters. The van der Waals surface area contributed by atoms with Gasteiger partial charge in [0.05, 0.1) is 24.5 Å². The fourth-order valence-electron chi connectivity index (χ4n) is 6.75. The summed E-state index contributed by atoms with van der Waals surface area (Å²) in [5, 5.41) is 23.9. The van der Waals surface area contributed by atoms with E-state index in [0.717, 1.165) is 17.7 Å². The zero-order valence-electron chi connectivity index (χ0n) is 21.6. The number of nitrogens with zero attached hydrogens (tertiary/aromatic N) is 1. The zero-order valence-corrected chi connectivity index (χ0v) is 21.6. The van der Waals surface area contributed by atoms with Gasteiger partial charge in [0, 0.05) is 24.4 Å². The van der Waals surface area contributed by atoms with Crippen molar-refractivity contribution in [3.63, 3.8) is 0 Å². The Balaban J connectivity index is 1.38. The molecule has 3 N–H and O–H groups in total. The number of aliphatic carboxylic acids is 1. The van der Waals surface area contributed by atoms with Crippen LogP contribution in [0.4, 0.5) is 0 Å². The number of hydrogen-bond donors (Lipinski definition) is 3. The van der Waals surface area contributed by atoms with Crippen LogP contribution in [0.15, 0.2) is 24.0 Å². The minimum atomic E-state index is -1.12. The second-order valence-corrected chi connectivity index (χ2v) is 10.9. The molecule has 10 nitrogen and oxygen atoms in total. The molecule has 1 fully saturated rings. The summed E-state index contributed by atoms with van der Waals surface area (Å²) in [6, 6.07) is 2.76. The van der Waals surface area contributed by atoms with E-state index in [1.165, 1.54) is 0 Å². The van der Waals surface area contributed by atoms with Crippen molar-refractivity contribution in [3.05, 3.63) is 35.1 Å². The molecule has 2 heterocycles. The molecule has 0 saturated carbocycles. The van der Waals surface area contributed by atoms with Crippen LogP contribution >= 0.6 is 0 Å². The number of hydrogen-bond acceptors (Lipinski definition) is 8. The van der Waals surface area contributed by atoms with Crippen molar-refractivity contribution in [3.8, 4) is 11.5 Å². The highest BCUT2D eigenvalue weighted by atomic mass is 16.6. The molecular weight excluding hydrogens is 480 g/mol. The lowest BCUT2D eigenvalue weighted by Gasteiger charge is -2.61. The van der Waals surface area contributed by atoms with Gasteiger partial charge in [-0.3, -0.25) is 9.59 Å². The molecule has 1 amide bonds. The number of likely N-dealkylation sites (tertiary alicyclic amines) is 1. The van der Waals surface area contributed by atoms with Crippen LogP contribution in [-0.2, 0) is 31.0 Å². The smallest absolute Gasteiger partial charge is 0.326 e. The van der Waals surface area contributed by atoms with Crippen molar-refractivity contribution in [2.75, 3.05) is 20.7 Å². The number of aliphatic hydroxyl groups is 1. The molecule has 0 aromatic heterocycles. The lowest BCUT2D eigenvalue weighted by molar-refractivity contribution is -0.169. The van der Waals surface area contributed by atoms with Gasteiger partial charge in [-0.1, -0.05) is 19.9 Å². The summed E-state index contributed by atoms with van der Waals surface area (Å²) in [5.41, 5.74) is 0.156. The van der Waals surface area contributed by atoms with E-state index in [4.69, 9.17) is 14.2 Å². The fraction of sp³-hybridized carbons (Fsp3) is 0.593. The van der Waals surface area contributed by atoms with Crippen LogP contribution in [-0.4, -0.2) is 77.4 Å². The van der Waals surface area contributed by atoms with Gasteiger partial charge in [-0.15, -0.1) is 0 Å². The van der Waals surface area contributed by atoms with Gasteiger partial charge in [-0.25, -0.2) is 4.79 Å². The Morgan fingerprint density at radius 1 is 1.27 bits per heavy atom. The average Bonchev–Trinajstić information content (AvgIpc) is 3.20. The molecule has 2 aliphatic carbocycles. The van der Waals surface area contributed by atoms with E-state index in [9.17, 15) is 24.6 Å². The highest BCUT2D eigenvalue weighted by Gasteiger charge is 2.72. The van der Waals surface area contributed by atoms with Crippen molar-refractivity contribution in [2.24, 2.45) is 5.92 Å². The molecule has 200 valence electrons. The monoisotopic (exact) mass is 514 g/mol. The number of amides is 1. The Kier molecular flexibility index (Phi) is 6.23. The predicted octanol–water partition coefficient (Wildman–Crippen LogP) is 1.52. The molecule has 1 saturated heterocycles. The molecule has 10 heteroatoms. The van der Waals surface area contributed by atoms with Crippen molar-refractivity contribution in [1.82, 2.24) is 10.2 Å². The van der Waals surface area contributed by atoms with Crippen molar-refractivity contribution >= 4 is 17.8 Å². The van der Waals surface area contributed by atoms with E-state index in [1.807, 2.05) is 19.2 Å². The minimum absolute atomic E-state index is 0.112. The molecular formula is C27H34N2O8. The van der Waals surface area contributed by atoms with Gasteiger partial charge in [0.1, 0.15) is 11.8 Å². The summed E-state index contributed by atoms with van der Waals surface area (Å²) in [5.74, 6) is -1.09. The number of carbonyl (C=O) groups is 3. The lowest BCUT2D eigenvalue weighted by Crippen LogP contribution is -2.74. The number of carboxylic acid groups (broad SMARTS) is 1. The number of nitrogens with one attached hydrogen (secondary N) is 1. The van der Waals surface area contributed by atoms with Crippen LogP contribution < -0.4 is 14.8 Å². The van der Waals surface area contributed by atoms with Crippen LogP contribution in [0.25, 0.3) is 0 Å². The number of carboxylic acids is 1. The van der Waals surface area contributed by atoms with Crippen molar-refractivity contribution in [2.45, 2.75) is 75.2 Å². The number of likely N-dealkylation sites (N-methyl/N-ethyl adjacent to an activating group) is 1. The van der Waals surface area contributed by atoms with Gasteiger partial charge < -0.3 is 34.6 Å². The molecule has 1 aromatic rings. The first kappa shape index (κ1) is 25.5. The third kappa shape index (κ3) is 3.72. The number of esters is 1. The van der Waals surface area contributed by atoms with Crippen LogP contribution in [0.5, 0.6) is 11.5 Å². The number of piperidine rings is 1. The second kappa shape index (κ2) is 9.02. The molecule has 0 radical (unpaired) electrons. The zero-order chi connectivity index (χ0) is 26.7. The van der Waals surface area contributed by atoms with Crippen LogP contribution in [0.2, 0.25) is 0 Å². The van der Waals surface area contributed by atoms with E-state index in [-0.39, 0.29) is 24.8 Å². The molecule has 5 rings (SSSR count). The van der Waals surface area contributed by atoms with Crippen LogP contribution in [0.1, 0.15) is 50.7 Å². The lowest BCUT2D eigenvalue weighted by atomic mass is 9.50. The summed E-state index contributed by atoms with van der Waals surface area (Å²) in [4.78, 5) is 38.6. The Hall–Kier alpha value is -3.11. The summed E-state index contributed by atoms with van der Waals surface area (Å²) >= 11 is 0. The number of carbonyl (C=O) groups excluding carboxylic acids is 2. The molecule has 2 bridgehead atoms. The Labute approximate surface area is 215 Å². The quantitative estimate of drug-likeness (QED) is 0.441. The summed E-state index contributed by atoms with van der Waals surface area (Å²) in [7, 11) is 3.60. The van der Waals surface area contributed by atoms with E-state index in [1.54, 1.807) is 27.0 Å². The van der Waals surface area contributed by atoms with Crippen LogP contribution in [0, 0.1) is 5.92 Å². The summed E-state index contributed by atoms with van der Waals surface area (Å²) in [6.07, 6.45) is 2.22. The SMILES string of the molecule is COc1ccc2c3c1OC1C(OC(=O)CCC(=O)NC(C(=O)O)C(C)C)=CCC4(O)C(C2)N(C)CCC314. The molecule has 37 heavy (non-hydrogen) atoms. The maximum atomic E-state index is 12.8. The molecule has 5 atom stereocenters. The topological polar surface area (TPSA) is 135 Å². The first-order valence-electron chi connectivity index (χ1n) is 12.8. The fourth-order valence-corrected chi connectivity index (χ4v) is 6.75. The first-order chi connectivity index (χ1) is 17.5. The van der Waals surface area contributed by atoms with Gasteiger partial charge in [0.25, 0.3) is 0 Å². The Morgan fingerprint density at radius 2 is 2.03 bits per heavy atom. The number of methoxy groups -OCH3 is 1. The van der Waals surface area contributed by atoms with Gasteiger partial charge in [-0.2, -0.15) is 0 Å². The molecule has 2 aliphatic heterocycles. The highest BCUT2D eigenvalue weighted by Crippen LogP contribution is 2.65. The van der Waals surface area contributed by atoms with E-state index in [2.05, 4.69) is 10.2 Å². The van der Waals surface area contributed by atoms with Crippen molar-refractivity contribution < 1.29 is 38.8 Å². The second-order valence-electron chi connectivity index (χ2n) is 10.9. The predicted molar refractivity (Wildman–Crippen MR) is 131 cm³/mol. The summed E-state index contributed by atoms with van der Waals surface area (Å²) in [6.45, 7) is 4.15. The van der Waals surface area contributed by atoms with Gasteiger partial charge >= 0.3 is 11.9 Å². The molecule has 1 aromatic carbocycles. The maximum Gasteiger partial charge on any atom is 0.326 e. The first-order valence-corrected chi connectivity index (χ1v) is 12.8. The standard InChI is InChI=1S/C27H34N2O8/c1-14(2)22(25(32)33)28-19(30)7-8-20(31)36-17-9-10-27(34)18-13-15-5-6-16(35-4)23-21(15)26(27,24(17)37-23)11-12-29(18)3/h5-6,9,14,18,22,24,34H,7-8,10-13H2,1-4H3,(H,28,30)(H,32,33). The third-order valence-electron chi connectivity index (χ3n) is 8.60. The highest BCUT2D eigenvalue weighted by molar-refractivity contribution is 5.86. The number of ether oxygens (including phenoxy) is 3. The Bertz CT molecular complexity index is 1180. The minimum Gasteiger partial charge on any atom is -0.493 e. The van der Waals surface area contributed by atoms with Crippen LogP contribution in [0.3, 0.4) is 0 Å². The third-order valence-corrected chi connectivity index (χ3v) is 8.60. The normalized spacial score (nSPS) is 30.1. The van der Waals surface area contributed by atoms with Crippen molar-refractivity contribution in [1.29, 1.82) is 0 Å². The van der Waals surface area contributed by atoms with Gasteiger partial charge in [0.2, 0.25) is 5.91 Å². The maximum absolute atomic E-state index is 12.8. The molecule has 1 spiro atoms. The molecule has 4 aliphatic rings. The van der Waals surface area contributed by atoms with Gasteiger partial charge in [0.15, 0.2) is 17.6 Å². The van der Waals surface area contributed by atoms with E-state index < -0.39 is 41.0 Å². The largest absolute Gasteiger partial charge is 0.493 e. The number of rotatable bonds is 8. The summed E-state index contributed by atoms with van der Waals surface area (Å²) < 4.78 is 17.8. The van der Waals surface area contributed by atoms with E-state index in [0.29, 0.717) is 36.5 Å². The Morgan fingerprint density at radius 3 is 2.70 bits per heavy atom. The number of benzene rings is 1.